The molecule has 1 fully saturated rings. The first-order chi connectivity index (χ1) is 7.42. The van der Waals surface area contributed by atoms with E-state index in [1.165, 1.54) is 0 Å². The number of hydrogen-bond acceptors (Lipinski definition) is 2. The summed E-state index contributed by atoms with van der Waals surface area (Å²) in [5.41, 5.74) is -0.175. The second-order valence-corrected chi connectivity index (χ2v) is 6.05. The molecule has 0 N–H and O–H groups in total. The molecule has 0 aliphatic heterocycles. The normalized spacial score (nSPS) is 40.1. The Morgan fingerprint density at radius 2 is 2.06 bits per heavy atom. The van der Waals surface area contributed by atoms with Gasteiger partial charge in [-0.3, -0.25) is 4.79 Å². The summed E-state index contributed by atoms with van der Waals surface area (Å²) in [6.07, 6.45) is 7.35. The van der Waals surface area contributed by atoms with Crippen LogP contribution in [0.5, 0.6) is 0 Å². The molecule has 0 aromatic rings. The molecule has 3 atom stereocenters. The summed E-state index contributed by atoms with van der Waals surface area (Å²) in [4.78, 5) is 22.6. The lowest BCUT2D eigenvalue weighted by Gasteiger charge is -2.35. The highest BCUT2D eigenvalue weighted by atomic mass is 16.1. The van der Waals surface area contributed by atoms with Gasteiger partial charge in [-0.25, -0.2) is 0 Å². The van der Waals surface area contributed by atoms with Crippen LogP contribution in [0.15, 0.2) is 12.2 Å². The molecule has 2 aliphatic carbocycles. The number of fused-ring (bicyclic) bond motifs is 1. The molecule has 0 bridgehead atoms. The maximum absolute atomic E-state index is 12.1. The molecule has 88 valence electrons. The van der Waals surface area contributed by atoms with Crippen molar-refractivity contribution in [2.45, 2.75) is 40.0 Å². The Kier molecular flexibility index (Phi) is 2.56. The lowest BCUT2D eigenvalue weighted by molar-refractivity contribution is -0.124. The van der Waals surface area contributed by atoms with E-state index in [9.17, 15) is 9.59 Å². The summed E-state index contributed by atoms with van der Waals surface area (Å²) in [6, 6.07) is 0. The van der Waals surface area contributed by atoms with Crippen molar-refractivity contribution in [1.29, 1.82) is 0 Å². The number of rotatable bonds is 3. The molecule has 1 saturated carbocycles. The van der Waals surface area contributed by atoms with Gasteiger partial charge < -0.3 is 4.79 Å². The van der Waals surface area contributed by atoms with E-state index in [0.717, 1.165) is 12.7 Å². The molecule has 2 rings (SSSR count). The minimum Gasteiger partial charge on any atom is -0.303 e. The van der Waals surface area contributed by atoms with E-state index in [0.29, 0.717) is 30.5 Å². The Morgan fingerprint density at radius 1 is 1.38 bits per heavy atom. The van der Waals surface area contributed by atoms with Crippen LogP contribution in [-0.2, 0) is 9.59 Å². The van der Waals surface area contributed by atoms with Crippen molar-refractivity contribution < 1.29 is 9.59 Å². The van der Waals surface area contributed by atoms with Crippen molar-refractivity contribution in [2.24, 2.45) is 22.7 Å². The molecule has 0 spiro atoms. The predicted octanol–water partition coefficient (Wildman–Crippen LogP) is 2.77. The quantitative estimate of drug-likeness (QED) is 0.541. The highest BCUT2D eigenvalue weighted by molar-refractivity contribution is 5.90. The molecule has 0 unspecified atom stereocenters. The minimum absolute atomic E-state index is 0.0917. The van der Waals surface area contributed by atoms with Gasteiger partial charge >= 0.3 is 0 Å². The monoisotopic (exact) mass is 220 g/mol. The van der Waals surface area contributed by atoms with Gasteiger partial charge in [-0.15, -0.1) is 0 Å². The van der Waals surface area contributed by atoms with E-state index < -0.39 is 0 Å². The van der Waals surface area contributed by atoms with Gasteiger partial charge in [-0.2, -0.15) is 0 Å². The number of hydrogen-bond donors (Lipinski definition) is 0. The summed E-state index contributed by atoms with van der Waals surface area (Å²) in [5.74, 6) is 1.12. The molecule has 0 saturated heterocycles. The van der Waals surface area contributed by atoms with Gasteiger partial charge in [0.2, 0.25) is 0 Å². The zero-order chi connectivity index (χ0) is 12.0. The highest BCUT2D eigenvalue weighted by Gasteiger charge is 2.57. The smallest absolute Gasteiger partial charge is 0.143 e. The Balaban J connectivity index is 2.27. The fourth-order valence-corrected chi connectivity index (χ4v) is 3.86. The van der Waals surface area contributed by atoms with E-state index >= 15 is 0 Å². The van der Waals surface area contributed by atoms with Crippen LogP contribution in [-0.4, -0.2) is 12.1 Å². The maximum atomic E-state index is 12.1. The molecule has 0 aromatic heterocycles. The van der Waals surface area contributed by atoms with Crippen molar-refractivity contribution in [1.82, 2.24) is 0 Å². The molecule has 0 radical (unpaired) electrons. The topological polar surface area (TPSA) is 34.1 Å². The highest BCUT2D eigenvalue weighted by Crippen LogP contribution is 2.59. The fraction of sp³-hybridized carbons (Fsp3) is 0.714. The van der Waals surface area contributed by atoms with E-state index in [4.69, 9.17) is 0 Å². The van der Waals surface area contributed by atoms with Crippen LogP contribution in [0.1, 0.15) is 40.0 Å². The lowest BCUT2D eigenvalue weighted by Crippen LogP contribution is -2.33. The van der Waals surface area contributed by atoms with E-state index in [2.05, 4.69) is 32.9 Å². The molecule has 2 aliphatic rings. The standard InChI is InChI=1S/C14H20O2/c1-13(2)6-7-14(3)11(16)9-10(12(13)14)5-4-8-15/h6-8,10,12H,4-5,9H2,1-3H3/t10-,12-,14-/m1/s1. The second kappa shape index (κ2) is 3.54. The van der Waals surface area contributed by atoms with Gasteiger partial charge in [-0.1, -0.05) is 26.0 Å². The van der Waals surface area contributed by atoms with Gasteiger partial charge in [0, 0.05) is 18.3 Å². The van der Waals surface area contributed by atoms with Gasteiger partial charge in [0.05, 0.1) is 0 Å². The minimum atomic E-state index is -0.267. The summed E-state index contributed by atoms with van der Waals surface area (Å²) < 4.78 is 0. The number of ketones is 1. The summed E-state index contributed by atoms with van der Waals surface area (Å²) in [6.45, 7) is 6.46. The van der Waals surface area contributed by atoms with Gasteiger partial charge in [-0.05, 0) is 30.6 Å². The van der Waals surface area contributed by atoms with Crippen LogP contribution in [0.3, 0.4) is 0 Å². The SMILES string of the molecule is CC1(C)C=C[C@]2(C)C(=O)C[C@@H](CCC=O)[C@H]12. The number of Topliss-reactive ketones (excluding diaryl/α,β-unsaturated/α-hetero) is 1. The van der Waals surface area contributed by atoms with E-state index in [1.54, 1.807) is 0 Å². The Labute approximate surface area is 97.1 Å². The predicted molar refractivity (Wildman–Crippen MR) is 62.9 cm³/mol. The summed E-state index contributed by atoms with van der Waals surface area (Å²) in [7, 11) is 0. The van der Waals surface area contributed by atoms with Crippen LogP contribution in [0.25, 0.3) is 0 Å². The summed E-state index contributed by atoms with van der Waals surface area (Å²) in [5, 5.41) is 0. The molecule has 2 heteroatoms. The van der Waals surface area contributed by atoms with Crippen LogP contribution in [0.4, 0.5) is 0 Å². The first-order valence-electron chi connectivity index (χ1n) is 6.09. The molecule has 0 heterocycles. The van der Waals surface area contributed by atoms with Crippen molar-refractivity contribution in [2.75, 3.05) is 0 Å². The Bertz CT molecular complexity index is 354. The van der Waals surface area contributed by atoms with Crippen molar-refractivity contribution in [3.63, 3.8) is 0 Å². The first-order valence-corrected chi connectivity index (χ1v) is 6.09. The third kappa shape index (κ3) is 1.47. The number of aldehydes is 1. The van der Waals surface area contributed by atoms with Gasteiger partial charge in [0.15, 0.2) is 0 Å². The van der Waals surface area contributed by atoms with Crippen LogP contribution >= 0.6 is 0 Å². The second-order valence-electron chi connectivity index (χ2n) is 6.05. The number of carbonyl (C=O) groups is 2. The first kappa shape index (κ1) is 11.6. The fourth-order valence-electron chi connectivity index (χ4n) is 3.86. The summed E-state index contributed by atoms with van der Waals surface area (Å²) >= 11 is 0. The van der Waals surface area contributed by atoms with Crippen LogP contribution < -0.4 is 0 Å². The number of carbonyl (C=O) groups excluding carboxylic acids is 2. The van der Waals surface area contributed by atoms with E-state index in [-0.39, 0.29) is 10.8 Å². The van der Waals surface area contributed by atoms with Gasteiger partial charge in [0.1, 0.15) is 12.1 Å². The number of allylic oxidation sites excluding steroid dienone is 2. The molecule has 2 nitrogen and oxygen atoms in total. The van der Waals surface area contributed by atoms with Crippen LogP contribution in [0, 0.1) is 22.7 Å². The lowest BCUT2D eigenvalue weighted by atomic mass is 9.68. The molecule has 0 amide bonds. The zero-order valence-corrected chi connectivity index (χ0v) is 10.3. The Hall–Kier alpha value is -0.920. The molecule has 0 aromatic carbocycles. The van der Waals surface area contributed by atoms with Crippen molar-refractivity contribution in [3.05, 3.63) is 12.2 Å². The van der Waals surface area contributed by atoms with Crippen molar-refractivity contribution in [3.8, 4) is 0 Å². The average molecular weight is 220 g/mol. The van der Waals surface area contributed by atoms with Crippen molar-refractivity contribution >= 4 is 12.1 Å². The largest absolute Gasteiger partial charge is 0.303 e. The Morgan fingerprint density at radius 3 is 2.69 bits per heavy atom. The molecular weight excluding hydrogens is 200 g/mol. The maximum Gasteiger partial charge on any atom is 0.143 e. The van der Waals surface area contributed by atoms with Crippen LogP contribution in [0.2, 0.25) is 0 Å². The van der Waals surface area contributed by atoms with E-state index in [1.807, 2.05) is 0 Å². The third-order valence-electron chi connectivity index (χ3n) is 4.48. The van der Waals surface area contributed by atoms with Gasteiger partial charge in [0.25, 0.3) is 0 Å². The zero-order valence-electron chi connectivity index (χ0n) is 10.3. The molecular formula is C14H20O2. The molecule has 16 heavy (non-hydrogen) atoms. The third-order valence-corrected chi connectivity index (χ3v) is 4.48. The average Bonchev–Trinajstić information content (AvgIpc) is 2.60.